The number of carbonyl (C=O) groups excluding carboxylic acids is 1. The summed E-state index contributed by atoms with van der Waals surface area (Å²) < 4.78 is 1.17. The van der Waals surface area contributed by atoms with Crippen molar-refractivity contribution in [2.75, 3.05) is 26.7 Å². The van der Waals surface area contributed by atoms with Gasteiger partial charge >= 0.3 is 0 Å². The molecule has 0 heterocycles. The molecule has 1 aliphatic carbocycles. The number of nitrogens with zero attached hydrogens (tertiary/aromatic N) is 1. The summed E-state index contributed by atoms with van der Waals surface area (Å²) >= 11 is 3.66. The lowest BCUT2D eigenvalue weighted by atomic mass is 9.96. The number of guanidine groups is 1. The molecule has 0 unspecified atom stereocenters. The summed E-state index contributed by atoms with van der Waals surface area (Å²) in [6, 6.07) is 8.42. The van der Waals surface area contributed by atoms with Gasteiger partial charge < -0.3 is 16.0 Å². The molecule has 0 aliphatic heterocycles. The van der Waals surface area contributed by atoms with Gasteiger partial charge in [-0.15, -0.1) is 0 Å². The molecule has 0 saturated heterocycles. The minimum absolute atomic E-state index is 0.0584. The fourth-order valence-electron chi connectivity index (χ4n) is 2.68. The van der Waals surface area contributed by atoms with Crippen LogP contribution in [0.1, 0.15) is 39.2 Å². The van der Waals surface area contributed by atoms with E-state index in [1.165, 1.54) is 22.9 Å². The van der Waals surface area contributed by atoms with Crippen LogP contribution < -0.4 is 16.0 Å². The van der Waals surface area contributed by atoms with Crippen molar-refractivity contribution in [2.24, 2.45) is 10.4 Å². The maximum atomic E-state index is 11.8. The van der Waals surface area contributed by atoms with E-state index in [1.54, 1.807) is 7.05 Å². The summed E-state index contributed by atoms with van der Waals surface area (Å²) in [7, 11) is 1.76. The second-order valence-electron chi connectivity index (χ2n) is 7.62. The molecule has 0 atom stereocenters. The van der Waals surface area contributed by atoms with Gasteiger partial charge in [0.15, 0.2) is 5.96 Å². The minimum atomic E-state index is -0.360. The van der Waals surface area contributed by atoms with Crippen LogP contribution >= 0.6 is 15.9 Å². The Hall–Kier alpha value is -1.56. The highest BCUT2D eigenvalue weighted by Crippen LogP contribution is 2.49. The number of benzene rings is 1. The largest absolute Gasteiger partial charge is 0.356 e. The topological polar surface area (TPSA) is 65.5 Å². The number of halogens is 1. The van der Waals surface area contributed by atoms with Crippen molar-refractivity contribution in [3.05, 3.63) is 34.3 Å². The maximum Gasteiger partial charge on any atom is 0.225 e. The molecule has 1 saturated carbocycles. The van der Waals surface area contributed by atoms with Crippen LogP contribution in [0.25, 0.3) is 0 Å². The summed E-state index contributed by atoms with van der Waals surface area (Å²) in [5.41, 5.74) is 1.19. The van der Waals surface area contributed by atoms with Gasteiger partial charge in [-0.2, -0.15) is 0 Å². The third-order valence-corrected chi connectivity index (χ3v) is 5.19. The molecular weight excluding hydrogens is 380 g/mol. The van der Waals surface area contributed by atoms with E-state index in [2.05, 4.69) is 55.1 Å². The van der Waals surface area contributed by atoms with Gasteiger partial charge in [-0.25, -0.2) is 0 Å². The first-order chi connectivity index (χ1) is 11.8. The Balaban J connectivity index is 1.78. The van der Waals surface area contributed by atoms with Crippen LogP contribution in [0.15, 0.2) is 33.7 Å². The molecule has 0 bridgehead atoms. The summed E-state index contributed by atoms with van der Waals surface area (Å²) in [5, 5.41) is 9.61. The van der Waals surface area contributed by atoms with Gasteiger partial charge in [-0.1, -0.05) is 54.9 Å². The molecule has 0 aromatic heterocycles. The predicted octanol–water partition coefficient (Wildman–Crippen LogP) is 2.81. The molecule has 138 valence electrons. The quantitative estimate of drug-likeness (QED) is 0.385. The van der Waals surface area contributed by atoms with E-state index in [-0.39, 0.29) is 16.7 Å². The lowest BCUT2D eigenvalue weighted by Gasteiger charge is -2.21. The van der Waals surface area contributed by atoms with Crippen LogP contribution in [0.5, 0.6) is 0 Å². The van der Waals surface area contributed by atoms with Gasteiger partial charge in [0.05, 0.1) is 0 Å². The Bertz CT molecular complexity index is 633. The number of aliphatic imine (C=N–C) groups is 1. The van der Waals surface area contributed by atoms with E-state index < -0.39 is 0 Å². The molecule has 1 aromatic rings. The summed E-state index contributed by atoms with van der Waals surface area (Å²) in [5.74, 6) is 0.825. The Morgan fingerprint density at radius 2 is 1.80 bits per heavy atom. The Morgan fingerprint density at radius 1 is 1.16 bits per heavy atom. The first-order valence-corrected chi connectivity index (χ1v) is 9.56. The third-order valence-electron chi connectivity index (χ3n) is 4.50. The van der Waals surface area contributed by atoms with E-state index in [0.29, 0.717) is 13.1 Å². The maximum absolute atomic E-state index is 11.8. The second-order valence-corrected chi connectivity index (χ2v) is 8.47. The Kier molecular flexibility index (Phi) is 6.49. The highest BCUT2D eigenvalue weighted by Gasteiger charge is 2.45. The Morgan fingerprint density at radius 3 is 2.36 bits per heavy atom. The molecule has 1 aromatic carbocycles. The fourth-order valence-corrected chi connectivity index (χ4v) is 3.38. The lowest BCUT2D eigenvalue weighted by molar-refractivity contribution is -0.128. The van der Waals surface area contributed by atoms with Crippen LogP contribution in [0.3, 0.4) is 0 Å². The number of nitrogens with one attached hydrogen (secondary N) is 3. The normalized spacial score (nSPS) is 16.3. The van der Waals surface area contributed by atoms with Crippen molar-refractivity contribution in [3.63, 3.8) is 0 Å². The van der Waals surface area contributed by atoms with Crippen molar-refractivity contribution < 1.29 is 4.79 Å². The van der Waals surface area contributed by atoms with Crippen LogP contribution in [-0.4, -0.2) is 38.5 Å². The molecule has 0 spiro atoms. The SMILES string of the molecule is CN=C(NCCNC(=O)C(C)(C)C)NCC1(c2ccccc2Br)CC1. The monoisotopic (exact) mass is 408 g/mol. The minimum Gasteiger partial charge on any atom is -0.356 e. The van der Waals surface area contributed by atoms with Gasteiger partial charge in [0.2, 0.25) is 5.91 Å². The Labute approximate surface area is 159 Å². The smallest absolute Gasteiger partial charge is 0.225 e. The summed E-state index contributed by atoms with van der Waals surface area (Å²) in [4.78, 5) is 16.1. The first kappa shape index (κ1) is 19.8. The molecular formula is C19H29BrN4O. The average Bonchev–Trinajstić information content (AvgIpc) is 3.34. The molecule has 6 heteroatoms. The van der Waals surface area contributed by atoms with Crippen molar-refractivity contribution in [1.29, 1.82) is 0 Å². The lowest BCUT2D eigenvalue weighted by Crippen LogP contribution is -2.45. The second kappa shape index (κ2) is 8.21. The molecule has 5 nitrogen and oxygen atoms in total. The van der Waals surface area contributed by atoms with Gasteiger partial charge in [0, 0.05) is 42.0 Å². The molecule has 2 rings (SSSR count). The molecule has 1 amide bonds. The van der Waals surface area contributed by atoms with Gasteiger partial charge in [-0.3, -0.25) is 9.79 Å². The molecule has 1 fully saturated rings. The fraction of sp³-hybridized carbons (Fsp3) is 0.579. The number of amides is 1. The predicted molar refractivity (Wildman–Crippen MR) is 107 cm³/mol. The van der Waals surface area contributed by atoms with Gasteiger partial charge in [0.1, 0.15) is 0 Å². The van der Waals surface area contributed by atoms with Crippen LogP contribution in [0.4, 0.5) is 0 Å². The van der Waals surface area contributed by atoms with Crippen molar-refractivity contribution in [1.82, 2.24) is 16.0 Å². The summed E-state index contributed by atoms with van der Waals surface area (Å²) in [6.45, 7) is 7.80. The van der Waals surface area contributed by atoms with Crippen molar-refractivity contribution >= 4 is 27.8 Å². The molecule has 25 heavy (non-hydrogen) atoms. The van der Waals surface area contributed by atoms with E-state index in [0.717, 1.165) is 12.5 Å². The highest BCUT2D eigenvalue weighted by atomic mass is 79.9. The number of hydrogen-bond acceptors (Lipinski definition) is 2. The zero-order valence-electron chi connectivity index (χ0n) is 15.6. The highest BCUT2D eigenvalue weighted by molar-refractivity contribution is 9.10. The van der Waals surface area contributed by atoms with Crippen LogP contribution in [0.2, 0.25) is 0 Å². The summed E-state index contributed by atoms with van der Waals surface area (Å²) in [6.07, 6.45) is 2.36. The van der Waals surface area contributed by atoms with Crippen molar-refractivity contribution in [2.45, 2.75) is 39.0 Å². The first-order valence-electron chi connectivity index (χ1n) is 8.76. The number of carbonyl (C=O) groups is 1. The molecule has 1 aliphatic rings. The third kappa shape index (κ3) is 5.46. The molecule has 3 N–H and O–H groups in total. The van der Waals surface area contributed by atoms with Crippen LogP contribution in [0, 0.1) is 5.41 Å². The van der Waals surface area contributed by atoms with Gasteiger partial charge in [0.25, 0.3) is 0 Å². The average molecular weight is 409 g/mol. The zero-order valence-corrected chi connectivity index (χ0v) is 17.2. The van der Waals surface area contributed by atoms with Gasteiger partial charge in [-0.05, 0) is 24.5 Å². The standard InChI is InChI=1S/C19H29BrN4O/c1-18(2,3)16(25)22-11-12-23-17(21-4)24-13-19(9-10-19)14-7-5-6-8-15(14)20/h5-8H,9-13H2,1-4H3,(H,22,25)(H2,21,23,24). The zero-order chi connectivity index (χ0) is 18.5. The van der Waals surface area contributed by atoms with E-state index in [4.69, 9.17) is 0 Å². The van der Waals surface area contributed by atoms with E-state index >= 15 is 0 Å². The van der Waals surface area contributed by atoms with Crippen LogP contribution in [-0.2, 0) is 10.2 Å². The van der Waals surface area contributed by atoms with E-state index in [9.17, 15) is 4.79 Å². The van der Waals surface area contributed by atoms with E-state index in [1.807, 2.05) is 26.8 Å². The van der Waals surface area contributed by atoms with Crippen molar-refractivity contribution in [3.8, 4) is 0 Å². The number of hydrogen-bond donors (Lipinski definition) is 3. The number of rotatable bonds is 6. The molecule has 0 radical (unpaired) electrons.